The van der Waals surface area contributed by atoms with Crippen LogP contribution in [0.4, 0.5) is 14.0 Å². The highest BCUT2D eigenvalue weighted by Gasteiger charge is 2.39. The van der Waals surface area contributed by atoms with Crippen molar-refractivity contribution in [1.29, 1.82) is 0 Å². The average molecular weight is 809 g/mol. The monoisotopic (exact) mass is 808 g/mol. The van der Waals surface area contributed by atoms with Crippen LogP contribution >= 0.6 is 11.6 Å². The number of nitrogens with zero attached hydrogens (tertiary/aromatic N) is 3. The van der Waals surface area contributed by atoms with Crippen LogP contribution in [0.1, 0.15) is 55.4 Å². The summed E-state index contributed by atoms with van der Waals surface area (Å²) in [5, 5.41) is 3.16. The van der Waals surface area contributed by atoms with Crippen LogP contribution < -0.4 is 10.1 Å². The number of alkyl carbamates (subject to hydrolysis) is 1. The number of pyridine rings is 1. The molecule has 1 aliphatic heterocycles. The van der Waals surface area contributed by atoms with Crippen LogP contribution in [0.2, 0.25) is 5.02 Å². The smallest absolute Gasteiger partial charge is 0.410 e. The van der Waals surface area contributed by atoms with E-state index in [1.165, 1.54) is 47.7 Å². The molecule has 56 heavy (non-hydrogen) atoms. The molecule has 2 heterocycles. The van der Waals surface area contributed by atoms with Crippen molar-refractivity contribution in [3.63, 3.8) is 0 Å². The summed E-state index contributed by atoms with van der Waals surface area (Å²) in [7, 11) is -1.34. The Morgan fingerprint density at radius 1 is 0.946 bits per heavy atom. The van der Waals surface area contributed by atoms with Crippen LogP contribution in [0.25, 0.3) is 0 Å². The van der Waals surface area contributed by atoms with E-state index in [0.717, 1.165) is 0 Å². The topological polar surface area (TPSA) is 144 Å². The Morgan fingerprint density at radius 3 is 2.27 bits per heavy atom. The number of aromatic nitrogens is 1. The molecule has 5 rings (SSSR count). The molecule has 2 amide bonds. The van der Waals surface area contributed by atoms with Gasteiger partial charge in [0, 0.05) is 55.3 Å². The molecule has 0 spiro atoms. The molecule has 15 heteroatoms. The van der Waals surface area contributed by atoms with Gasteiger partial charge >= 0.3 is 12.2 Å². The maximum Gasteiger partial charge on any atom is 0.410 e. The molecule has 3 atom stereocenters. The summed E-state index contributed by atoms with van der Waals surface area (Å²) in [6, 6.07) is 20.6. The Hall–Kier alpha value is -5.05. The number of amides is 2. The number of ether oxygens (including phenoxy) is 3. The lowest BCUT2D eigenvalue weighted by atomic mass is 9.82. The van der Waals surface area contributed by atoms with Gasteiger partial charge in [0.05, 0.1) is 19.1 Å². The number of carbonyl (C=O) groups excluding carboxylic acids is 3. The van der Waals surface area contributed by atoms with Crippen LogP contribution in [-0.2, 0) is 37.1 Å². The van der Waals surface area contributed by atoms with E-state index in [1.807, 2.05) is 0 Å². The molecule has 12 nitrogen and oxygen atoms in total. The van der Waals surface area contributed by atoms with Gasteiger partial charge in [-0.15, -0.1) is 0 Å². The third kappa shape index (κ3) is 10.4. The maximum atomic E-state index is 15.9. The van der Waals surface area contributed by atoms with E-state index in [1.54, 1.807) is 87.6 Å². The van der Waals surface area contributed by atoms with Gasteiger partial charge in [0.25, 0.3) is 0 Å². The molecule has 1 aliphatic rings. The van der Waals surface area contributed by atoms with E-state index in [0.29, 0.717) is 27.6 Å². The molecule has 0 radical (unpaired) electrons. The van der Waals surface area contributed by atoms with Crippen molar-refractivity contribution >= 4 is 39.6 Å². The molecule has 0 unspecified atom stereocenters. The minimum Gasteiger partial charge on any atom is -0.481 e. The quantitative estimate of drug-likeness (QED) is 0.154. The van der Waals surface area contributed by atoms with Crippen molar-refractivity contribution in [2.75, 3.05) is 33.9 Å². The number of nitrogens with one attached hydrogen (secondary N) is 1. The summed E-state index contributed by atoms with van der Waals surface area (Å²) in [6.07, 6.45) is -0.0395. The second-order valence-electron chi connectivity index (χ2n) is 14.3. The Labute approximate surface area is 332 Å². The van der Waals surface area contributed by atoms with Gasteiger partial charge in [0.15, 0.2) is 5.78 Å². The molecule has 298 valence electrons. The molecule has 1 N–H and O–H groups in total. The molecule has 1 saturated heterocycles. The Balaban J connectivity index is 1.47. The van der Waals surface area contributed by atoms with Crippen LogP contribution in [0.15, 0.2) is 96.0 Å². The molecule has 0 aliphatic carbocycles. The van der Waals surface area contributed by atoms with E-state index >= 15 is 4.39 Å². The maximum absolute atomic E-state index is 15.9. The highest BCUT2D eigenvalue weighted by Crippen LogP contribution is 2.32. The summed E-state index contributed by atoms with van der Waals surface area (Å²) in [5.41, 5.74) is 1.01. The van der Waals surface area contributed by atoms with E-state index < -0.39 is 57.4 Å². The Bertz CT molecular complexity index is 2100. The lowest BCUT2D eigenvalue weighted by Gasteiger charge is -2.41. The minimum absolute atomic E-state index is 0.00304. The number of benzene rings is 3. The summed E-state index contributed by atoms with van der Waals surface area (Å²) in [4.78, 5) is 46.3. The van der Waals surface area contributed by atoms with Gasteiger partial charge in [-0.3, -0.25) is 4.79 Å². The SMILES string of the molecule is COC(=O)N[C@H](C(=O)Cc1cccc(F)c1CC[C@H]1CN(C(=O)OC(C)(C)C)CCN1S(=O)(=O)c1ccccc1)[C@@H](c1ccc(Cl)cc1)c1ccc(OC)nc1. The zero-order valence-corrected chi connectivity index (χ0v) is 33.5. The second kappa shape index (κ2) is 18.3. The number of rotatable bonds is 13. The third-order valence-electron chi connectivity index (χ3n) is 9.43. The van der Waals surface area contributed by atoms with E-state index in [9.17, 15) is 22.8 Å². The third-order valence-corrected chi connectivity index (χ3v) is 11.7. The van der Waals surface area contributed by atoms with Crippen molar-refractivity contribution in [2.45, 2.75) is 68.5 Å². The predicted molar refractivity (Wildman–Crippen MR) is 209 cm³/mol. The van der Waals surface area contributed by atoms with Crippen molar-refractivity contribution in [3.05, 3.63) is 124 Å². The van der Waals surface area contributed by atoms with Gasteiger partial charge in [0.2, 0.25) is 15.9 Å². The van der Waals surface area contributed by atoms with E-state index in [-0.39, 0.29) is 49.4 Å². The summed E-state index contributed by atoms with van der Waals surface area (Å²) < 4.78 is 60.8. The number of Topliss-reactive ketones (excluding diaryl/α,β-unsaturated/α-hetero) is 1. The second-order valence-corrected chi connectivity index (χ2v) is 16.7. The first-order valence-corrected chi connectivity index (χ1v) is 19.9. The van der Waals surface area contributed by atoms with E-state index in [2.05, 4.69) is 10.3 Å². The number of hydrogen-bond donors (Lipinski definition) is 1. The highest BCUT2D eigenvalue weighted by atomic mass is 35.5. The highest BCUT2D eigenvalue weighted by molar-refractivity contribution is 7.89. The fourth-order valence-corrected chi connectivity index (χ4v) is 8.53. The number of hydrogen-bond acceptors (Lipinski definition) is 9. The van der Waals surface area contributed by atoms with Crippen molar-refractivity contribution in [3.8, 4) is 5.88 Å². The molecule has 1 fully saturated rings. The van der Waals surface area contributed by atoms with Crippen LogP contribution in [0.3, 0.4) is 0 Å². The first-order chi connectivity index (χ1) is 26.6. The fourth-order valence-electron chi connectivity index (χ4n) is 6.75. The lowest BCUT2D eigenvalue weighted by molar-refractivity contribution is -0.120. The fraction of sp³-hybridized carbons (Fsp3) is 0.366. The first kappa shape index (κ1) is 42.1. The number of ketones is 1. The molecule has 0 saturated carbocycles. The van der Waals surface area contributed by atoms with Crippen LogP contribution in [0.5, 0.6) is 5.88 Å². The molecular weight excluding hydrogens is 763 g/mol. The van der Waals surface area contributed by atoms with Gasteiger partial charge in [-0.1, -0.05) is 60.1 Å². The summed E-state index contributed by atoms with van der Waals surface area (Å²) in [5.74, 6) is -1.47. The lowest BCUT2D eigenvalue weighted by Crippen LogP contribution is -2.57. The van der Waals surface area contributed by atoms with Gasteiger partial charge in [-0.2, -0.15) is 4.31 Å². The minimum atomic E-state index is -4.00. The average Bonchev–Trinajstić information content (AvgIpc) is 3.17. The van der Waals surface area contributed by atoms with Gasteiger partial charge in [-0.05, 0) is 86.2 Å². The van der Waals surface area contributed by atoms with Crippen LogP contribution in [0, 0.1) is 5.82 Å². The van der Waals surface area contributed by atoms with Gasteiger partial charge in [-0.25, -0.2) is 27.4 Å². The van der Waals surface area contributed by atoms with Crippen molar-refractivity contribution in [2.24, 2.45) is 0 Å². The van der Waals surface area contributed by atoms with Gasteiger partial charge < -0.3 is 24.4 Å². The largest absolute Gasteiger partial charge is 0.481 e. The zero-order chi connectivity index (χ0) is 40.6. The van der Waals surface area contributed by atoms with Crippen molar-refractivity contribution < 1.29 is 41.4 Å². The standard InChI is InChI=1S/C41H46ClFN4O8S/c1-41(2,3)55-40(50)46-22-23-47(56(51,52)32-11-7-6-8-12-32)31(26-46)19-20-33-28(10-9-13-34(33)43)24-35(48)38(45-39(49)54-5)37(27-14-17-30(42)18-15-27)29-16-21-36(53-4)44-25-29/h6-18,21,25,31,37-38H,19-20,22-24,26H2,1-5H3,(H,45,49)/t31-,37-,38+/m0/s1. The van der Waals surface area contributed by atoms with Gasteiger partial charge in [0.1, 0.15) is 17.5 Å². The summed E-state index contributed by atoms with van der Waals surface area (Å²) >= 11 is 6.21. The number of halogens is 2. The molecular formula is C41H46ClFN4O8S. The molecule has 1 aromatic heterocycles. The molecule has 3 aromatic carbocycles. The van der Waals surface area contributed by atoms with Crippen LogP contribution in [-0.4, -0.2) is 92.1 Å². The number of carbonyl (C=O) groups is 3. The van der Waals surface area contributed by atoms with Crippen molar-refractivity contribution in [1.82, 2.24) is 19.5 Å². The Morgan fingerprint density at radius 2 is 1.64 bits per heavy atom. The van der Waals surface area contributed by atoms with E-state index in [4.69, 9.17) is 25.8 Å². The number of piperazine rings is 1. The molecule has 0 bridgehead atoms. The number of methoxy groups -OCH3 is 2. The Kier molecular flexibility index (Phi) is 13.7. The summed E-state index contributed by atoms with van der Waals surface area (Å²) in [6.45, 7) is 5.34. The number of sulfonamides is 1. The molecule has 4 aromatic rings. The predicted octanol–water partition coefficient (Wildman–Crippen LogP) is 6.79. The first-order valence-electron chi connectivity index (χ1n) is 18.0. The normalized spacial score (nSPS) is 16.1. The zero-order valence-electron chi connectivity index (χ0n) is 31.9.